The molecule has 0 heterocycles. The zero-order valence-electron chi connectivity index (χ0n) is 10.4. The summed E-state index contributed by atoms with van der Waals surface area (Å²) in [6.07, 6.45) is 3.17. The molecule has 0 aliphatic carbocycles. The van der Waals surface area contributed by atoms with E-state index in [4.69, 9.17) is 4.74 Å². The van der Waals surface area contributed by atoms with Gasteiger partial charge < -0.3 is 10.1 Å². The molecule has 0 saturated carbocycles. The maximum Gasteiger partial charge on any atom is 0.0520 e. The molecule has 0 spiro atoms. The molecule has 2 heteroatoms. The van der Waals surface area contributed by atoms with Crippen LogP contribution in [0.3, 0.4) is 0 Å². The molecule has 0 atom stereocenters. The fourth-order valence-electron chi connectivity index (χ4n) is 0.832. The largest absolute Gasteiger partial charge is 0.389 e. The number of hydrogen-bond donors (Lipinski definition) is 1. The van der Waals surface area contributed by atoms with E-state index in [0.717, 1.165) is 44.7 Å². The summed E-state index contributed by atoms with van der Waals surface area (Å²) >= 11 is 0. The van der Waals surface area contributed by atoms with Gasteiger partial charge in [0.15, 0.2) is 0 Å². The first kappa shape index (κ1) is 15.9. The fourth-order valence-corrected chi connectivity index (χ4v) is 0.832. The average Bonchev–Trinajstić information content (AvgIpc) is 2.24. The molecule has 0 aromatic heterocycles. The summed E-state index contributed by atoms with van der Waals surface area (Å²) < 4.78 is 5.33. The van der Waals surface area contributed by atoms with Crippen LogP contribution in [0.15, 0.2) is 12.3 Å². The van der Waals surface area contributed by atoms with Crippen LogP contribution in [0.2, 0.25) is 0 Å². The van der Waals surface area contributed by atoms with Gasteiger partial charge in [0.05, 0.1) is 6.61 Å². The van der Waals surface area contributed by atoms with Crippen molar-refractivity contribution in [2.45, 2.75) is 47.0 Å². The Morgan fingerprint density at radius 3 is 2.29 bits per heavy atom. The van der Waals surface area contributed by atoms with Crippen LogP contribution in [-0.2, 0) is 4.74 Å². The lowest BCUT2D eigenvalue weighted by Crippen LogP contribution is -2.14. The quantitative estimate of drug-likeness (QED) is 0.608. The number of hydrogen-bond acceptors (Lipinski definition) is 2. The second-order valence-electron chi connectivity index (χ2n) is 2.89. The van der Waals surface area contributed by atoms with Crippen LogP contribution in [0, 0.1) is 0 Å². The van der Waals surface area contributed by atoms with E-state index in [0.29, 0.717) is 0 Å². The summed E-state index contributed by atoms with van der Waals surface area (Å²) in [6, 6.07) is 0. The third kappa shape index (κ3) is 14.0. The van der Waals surface area contributed by atoms with E-state index < -0.39 is 0 Å². The molecule has 0 fully saturated rings. The number of rotatable bonds is 8. The molecule has 0 rings (SSSR count). The Morgan fingerprint density at radius 1 is 1.14 bits per heavy atom. The van der Waals surface area contributed by atoms with Crippen molar-refractivity contribution in [2.24, 2.45) is 0 Å². The SMILES string of the molecule is C=C(CCOCCC)NCCC.CC. The molecule has 0 radical (unpaired) electrons. The Morgan fingerprint density at radius 2 is 1.79 bits per heavy atom. The standard InChI is InChI=1S/C10H21NO.C2H6/c1-4-7-11-10(3)6-9-12-8-5-2;1-2/h11H,3-9H2,1-2H3;1-2H3. The number of nitrogens with one attached hydrogen (secondary N) is 1. The van der Waals surface area contributed by atoms with Gasteiger partial charge >= 0.3 is 0 Å². The Balaban J connectivity index is 0. The summed E-state index contributed by atoms with van der Waals surface area (Å²) in [5.74, 6) is 0. The van der Waals surface area contributed by atoms with Crippen LogP contribution in [0.4, 0.5) is 0 Å². The van der Waals surface area contributed by atoms with Crippen molar-refractivity contribution in [3.05, 3.63) is 12.3 Å². The molecule has 0 aliphatic rings. The summed E-state index contributed by atoms with van der Waals surface area (Å²) in [5.41, 5.74) is 1.09. The molecular formula is C12H27NO. The van der Waals surface area contributed by atoms with Gasteiger partial charge in [-0.05, 0) is 12.8 Å². The van der Waals surface area contributed by atoms with Gasteiger partial charge in [0.25, 0.3) is 0 Å². The molecule has 0 amide bonds. The van der Waals surface area contributed by atoms with Crippen molar-refractivity contribution >= 4 is 0 Å². The molecule has 0 aromatic rings. The molecule has 0 aliphatic heterocycles. The van der Waals surface area contributed by atoms with Crippen molar-refractivity contribution in [1.29, 1.82) is 0 Å². The summed E-state index contributed by atoms with van der Waals surface area (Å²) in [7, 11) is 0. The molecule has 0 unspecified atom stereocenters. The third-order valence-electron chi connectivity index (χ3n) is 1.52. The van der Waals surface area contributed by atoms with E-state index in [2.05, 4.69) is 25.7 Å². The fraction of sp³-hybridized carbons (Fsp3) is 0.833. The minimum atomic E-state index is 0.795. The number of ether oxygens (including phenoxy) is 1. The van der Waals surface area contributed by atoms with Gasteiger partial charge in [0, 0.05) is 25.3 Å². The van der Waals surface area contributed by atoms with Crippen molar-refractivity contribution < 1.29 is 4.74 Å². The van der Waals surface area contributed by atoms with E-state index in [1.165, 1.54) is 0 Å². The van der Waals surface area contributed by atoms with Gasteiger partial charge in [-0.1, -0.05) is 34.3 Å². The van der Waals surface area contributed by atoms with Crippen molar-refractivity contribution in [1.82, 2.24) is 5.32 Å². The lowest BCUT2D eigenvalue weighted by atomic mass is 10.3. The Labute approximate surface area is 89.7 Å². The first-order valence-corrected chi connectivity index (χ1v) is 5.80. The zero-order valence-corrected chi connectivity index (χ0v) is 10.4. The Kier molecular flexibility index (Phi) is 17.1. The van der Waals surface area contributed by atoms with Gasteiger partial charge in [-0.25, -0.2) is 0 Å². The second-order valence-corrected chi connectivity index (χ2v) is 2.89. The zero-order chi connectivity index (χ0) is 11.2. The van der Waals surface area contributed by atoms with Crippen molar-refractivity contribution in [3.8, 4) is 0 Å². The van der Waals surface area contributed by atoms with Crippen LogP contribution < -0.4 is 5.32 Å². The second kappa shape index (κ2) is 15.0. The summed E-state index contributed by atoms with van der Waals surface area (Å²) in [6.45, 7) is 14.8. The van der Waals surface area contributed by atoms with Crippen LogP contribution in [-0.4, -0.2) is 19.8 Å². The monoisotopic (exact) mass is 201 g/mol. The van der Waals surface area contributed by atoms with Crippen molar-refractivity contribution in [2.75, 3.05) is 19.8 Å². The lowest BCUT2D eigenvalue weighted by molar-refractivity contribution is 0.137. The first-order chi connectivity index (χ1) is 6.81. The van der Waals surface area contributed by atoms with Crippen LogP contribution in [0.25, 0.3) is 0 Å². The first-order valence-electron chi connectivity index (χ1n) is 5.80. The average molecular weight is 201 g/mol. The third-order valence-corrected chi connectivity index (χ3v) is 1.52. The van der Waals surface area contributed by atoms with Crippen molar-refractivity contribution in [3.63, 3.8) is 0 Å². The van der Waals surface area contributed by atoms with Crippen LogP contribution in [0.5, 0.6) is 0 Å². The van der Waals surface area contributed by atoms with Gasteiger partial charge in [-0.15, -0.1) is 0 Å². The predicted molar refractivity (Wildman–Crippen MR) is 64.5 cm³/mol. The van der Waals surface area contributed by atoms with E-state index in [1.54, 1.807) is 0 Å². The highest BCUT2D eigenvalue weighted by atomic mass is 16.5. The molecule has 14 heavy (non-hydrogen) atoms. The molecule has 0 saturated heterocycles. The van der Waals surface area contributed by atoms with Crippen LogP contribution >= 0.6 is 0 Å². The minimum absolute atomic E-state index is 0.795. The highest BCUT2D eigenvalue weighted by molar-refractivity contribution is 4.90. The molecule has 2 nitrogen and oxygen atoms in total. The Bertz CT molecular complexity index is 113. The molecule has 86 valence electrons. The smallest absolute Gasteiger partial charge is 0.0520 e. The topological polar surface area (TPSA) is 21.3 Å². The maximum atomic E-state index is 5.33. The maximum absolute atomic E-state index is 5.33. The van der Waals surface area contributed by atoms with E-state index >= 15 is 0 Å². The van der Waals surface area contributed by atoms with E-state index in [9.17, 15) is 0 Å². The van der Waals surface area contributed by atoms with Gasteiger partial charge in [-0.2, -0.15) is 0 Å². The van der Waals surface area contributed by atoms with Gasteiger partial charge in [-0.3, -0.25) is 0 Å². The van der Waals surface area contributed by atoms with Gasteiger partial charge in [0.2, 0.25) is 0 Å². The molecule has 0 aromatic carbocycles. The highest BCUT2D eigenvalue weighted by Gasteiger charge is 1.91. The van der Waals surface area contributed by atoms with E-state index in [-0.39, 0.29) is 0 Å². The normalized spacial score (nSPS) is 8.86. The van der Waals surface area contributed by atoms with E-state index in [1.807, 2.05) is 13.8 Å². The summed E-state index contributed by atoms with van der Waals surface area (Å²) in [4.78, 5) is 0. The highest BCUT2D eigenvalue weighted by Crippen LogP contribution is 1.94. The Hall–Kier alpha value is -0.500. The molecular weight excluding hydrogens is 174 g/mol. The molecule has 1 N–H and O–H groups in total. The van der Waals surface area contributed by atoms with Crippen LogP contribution in [0.1, 0.15) is 47.0 Å². The van der Waals surface area contributed by atoms with Gasteiger partial charge in [0.1, 0.15) is 0 Å². The summed E-state index contributed by atoms with van der Waals surface area (Å²) in [5, 5.41) is 3.23. The predicted octanol–water partition coefficient (Wildman–Crippen LogP) is 3.34. The minimum Gasteiger partial charge on any atom is -0.389 e. The lowest BCUT2D eigenvalue weighted by Gasteiger charge is -2.08. The molecule has 0 bridgehead atoms.